The molecule has 0 spiro atoms. The average Bonchev–Trinajstić information content (AvgIpc) is 2.53. The summed E-state index contributed by atoms with van der Waals surface area (Å²) in [7, 11) is 0. The SMILES string of the molecule is CC(=O)N[C@H]1[C@H](Oc2cc(C)ccc2C(C)C)O[C@H](CO)[C@@H](O)[C@@H]1O. The van der Waals surface area contributed by atoms with Gasteiger partial charge in [0.2, 0.25) is 12.2 Å². The summed E-state index contributed by atoms with van der Waals surface area (Å²) in [5, 5.41) is 32.3. The second-order valence-electron chi connectivity index (χ2n) is 6.75. The smallest absolute Gasteiger partial charge is 0.223 e. The molecular formula is C18H27NO6. The number of aryl methyl sites for hydroxylation is 1. The molecule has 5 atom stereocenters. The highest BCUT2D eigenvalue weighted by molar-refractivity contribution is 5.73. The first-order valence-electron chi connectivity index (χ1n) is 8.41. The number of ether oxygens (including phenoxy) is 2. The van der Waals surface area contributed by atoms with E-state index in [9.17, 15) is 20.1 Å². The standard InChI is InChI=1S/C18H27NO6/c1-9(2)12-6-5-10(3)7-13(12)24-18-15(19-11(4)21)17(23)16(22)14(8-20)25-18/h5-7,9,14-18,20,22-23H,8H2,1-4H3,(H,19,21)/t14-,15-,16-,17-,18-/m1/s1. The summed E-state index contributed by atoms with van der Waals surface area (Å²) in [6.07, 6.45) is -4.70. The molecule has 1 amide bonds. The Morgan fingerprint density at radius 3 is 2.56 bits per heavy atom. The number of amides is 1. The maximum absolute atomic E-state index is 11.5. The minimum atomic E-state index is -1.33. The fourth-order valence-corrected chi connectivity index (χ4v) is 2.92. The first-order valence-corrected chi connectivity index (χ1v) is 8.41. The average molecular weight is 353 g/mol. The van der Waals surface area contributed by atoms with Crippen molar-refractivity contribution in [2.45, 2.75) is 64.3 Å². The highest BCUT2D eigenvalue weighted by Gasteiger charge is 2.46. The van der Waals surface area contributed by atoms with Gasteiger partial charge in [0.05, 0.1) is 6.61 Å². The number of nitrogens with one attached hydrogen (secondary N) is 1. The predicted molar refractivity (Wildman–Crippen MR) is 91.3 cm³/mol. The van der Waals surface area contributed by atoms with Crippen LogP contribution in [0.4, 0.5) is 0 Å². The zero-order valence-electron chi connectivity index (χ0n) is 15.0. The minimum absolute atomic E-state index is 0.197. The zero-order chi connectivity index (χ0) is 18.7. The molecule has 0 aliphatic carbocycles. The Hall–Kier alpha value is -1.67. The molecule has 1 aliphatic rings. The van der Waals surface area contributed by atoms with Gasteiger partial charge in [0.1, 0.15) is 30.1 Å². The van der Waals surface area contributed by atoms with Crippen molar-refractivity contribution in [2.24, 2.45) is 0 Å². The Kier molecular flexibility index (Phi) is 6.40. The Morgan fingerprint density at radius 1 is 1.32 bits per heavy atom. The number of carbonyl (C=O) groups excluding carboxylic acids is 1. The molecule has 0 unspecified atom stereocenters. The van der Waals surface area contributed by atoms with Crippen molar-refractivity contribution < 1.29 is 29.6 Å². The first-order chi connectivity index (χ1) is 11.7. The largest absolute Gasteiger partial charge is 0.462 e. The predicted octanol–water partition coefficient (Wildman–Crippen LogP) is 0.441. The third-order valence-electron chi connectivity index (χ3n) is 4.28. The molecule has 140 valence electrons. The summed E-state index contributed by atoms with van der Waals surface area (Å²) >= 11 is 0. The summed E-state index contributed by atoms with van der Waals surface area (Å²) in [6.45, 7) is 6.81. The number of hydrogen-bond donors (Lipinski definition) is 4. The molecule has 1 aliphatic heterocycles. The monoisotopic (exact) mass is 353 g/mol. The number of aliphatic hydroxyl groups excluding tert-OH is 3. The Bertz CT molecular complexity index is 605. The molecule has 1 aromatic carbocycles. The third-order valence-corrected chi connectivity index (χ3v) is 4.28. The van der Waals surface area contributed by atoms with Gasteiger partial charge in [0.15, 0.2) is 0 Å². The van der Waals surface area contributed by atoms with Gasteiger partial charge in [-0.2, -0.15) is 0 Å². The maximum atomic E-state index is 11.5. The van der Waals surface area contributed by atoms with Crippen molar-refractivity contribution >= 4 is 5.91 Å². The maximum Gasteiger partial charge on any atom is 0.223 e. The lowest BCUT2D eigenvalue weighted by atomic mass is 9.96. The van der Waals surface area contributed by atoms with E-state index in [-0.39, 0.29) is 11.8 Å². The highest BCUT2D eigenvalue weighted by Crippen LogP contribution is 2.31. The van der Waals surface area contributed by atoms with Crippen LogP contribution >= 0.6 is 0 Å². The van der Waals surface area contributed by atoms with Crippen LogP contribution in [0, 0.1) is 6.92 Å². The van der Waals surface area contributed by atoms with Crippen LogP contribution < -0.4 is 10.1 Å². The van der Waals surface area contributed by atoms with Crippen molar-refractivity contribution in [3.8, 4) is 5.75 Å². The van der Waals surface area contributed by atoms with E-state index in [1.807, 2.05) is 39.0 Å². The summed E-state index contributed by atoms with van der Waals surface area (Å²) in [6, 6.07) is 4.83. The lowest BCUT2D eigenvalue weighted by molar-refractivity contribution is -0.244. The van der Waals surface area contributed by atoms with E-state index in [1.165, 1.54) is 6.92 Å². The molecule has 1 fully saturated rings. The molecule has 25 heavy (non-hydrogen) atoms. The molecule has 7 nitrogen and oxygen atoms in total. The van der Waals surface area contributed by atoms with Crippen LogP contribution in [-0.4, -0.2) is 58.5 Å². The summed E-state index contributed by atoms with van der Waals surface area (Å²) in [5.74, 6) is 0.391. The van der Waals surface area contributed by atoms with Crippen molar-refractivity contribution in [3.05, 3.63) is 29.3 Å². The van der Waals surface area contributed by atoms with Crippen LogP contribution in [0.25, 0.3) is 0 Å². The van der Waals surface area contributed by atoms with Gasteiger partial charge < -0.3 is 30.1 Å². The number of carbonyl (C=O) groups is 1. The molecule has 0 saturated carbocycles. The van der Waals surface area contributed by atoms with Gasteiger partial charge in [0, 0.05) is 6.92 Å². The Labute approximate surface area is 147 Å². The number of aliphatic hydroxyl groups is 3. The quantitative estimate of drug-likeness (QED) is 0.612. The van der Waals surface area contributed by atoms with Crippen LogP contribution in [0.1, 0.15) is 37.8 Å². The van der Waals surface area contributed by atoms with Gasteiger partial charge in [-0.15, -0.1) is 0 Å². The lowest BCUT2D eigenvalue weighted by Crippen LogP contribution is -2.65. The highest BCUT2D eigenvalue weighted by atomic mass is 16.7. The van der Waals surface area contributed by atoms with E-state index >= 15 is 0 Å². The zero-order valence-corrected chi connectivity index (χ0v) is 15.0. The van der Waals surface area contributed by atoms with Crippen LogP contribution in [0.2, 0.25) is 0 Å². The fraction of sp³-hybridized carbons (Fsp3) is 0.611. The van der Waals surface area contributed by atoms with Crippen LogP contribution in [-0.2, 0) is 9.53 Å². The second-order valence-corrected chi connectivity index (χ2v) is 6.75. The Balaban J connectivity index is 2.33. The Morgan fingerprint density at radius 2 is 2.00 bits per heavy atom. The fourth-order valence-electron chi connectivity index (χ4n) is 2.92. The molecule has 0 radical (unpaired) electrons. The summed E-state index contributed by atoms with van der Waals surface area (Å²) in [5.41, 5.74) is 1.95. The topological polar surface area (TPSA) is 108 Å². The van der Waals surface area contributed by atoms with Gasteiger partial charge in [-0.25, -0.2) is 0 Å². The number of rotatable bonds is 5. The molecule has 1 saturated heterocycles. The van der Waals surface area contributed by atoms with Crippen LogP contribution in [0.5, 0.6) is 5.75 Å². The molecule has 1 heterocycles. The van der Waals surface area contributed by atoms with Gasteiger partial charge in [-0.3, -0.25) is 4.79 Å². The number of hydrogen-bond acceptors (Lipinski definition) is 6. The van der Waals surface area contributed by atoms with Crippen molar-refractivity contribution in [1.29, 1.82) is 0 Å². The van der Waals surface area contributed by atoms with Gasteiger partial charge in [0.25, 0.3) is 0 Å². The summed E-state index contributed by atoms with van der Waals surface area (Å²) in [4.78, 5) is 11.5. The van der Waals surface area contributed by atoms with E-state index in [0.717, 1.165) is 11.1 Å². The van der Waals surface area contributed by atoms with Gasteiger partial charge >= 0.3 is 0 Å². The molecule has 1 aromatic rings. The minimum Gasteiger partial charge on any atom is -0.462 e. The molecule has 7 heteroatoms. The van der Waals surface area contributed by atoms with E-state index in [0.29, 0.717) is 5.75 Å². The van der Waals surface area contributed by atoms with E-state index in [1.54, 1.807) is 0 Å². The molecular weight excluding hydrogens is 326 g/mol. The molecule has 0 bridgehead atoms. The van der Waals surface area contributed by atoms with Gasteiger partial charge in [-0.05, 0) is 30.0 Å². The van der Waals surface area contributed by atoms with Crippen molar-refractivity contribution in [3.63, 3.8) is 0 Å². The summed E-state index contributed by atoms with van der Waals surface area (Å²) < 4.78 is 11.6. The molecule has 0 aromatic heterocycles. The lowest BCUT2D eigenvalue weighted by Gasteiger charge is -2.42. The molecule has 4 N–H and O–H groups in total. The van der Waals surface area contributed by atoms with Crippen molar-refractivity contribution in [1.82, 2.24) is 5.32 Å². The van der Waals surface area contributed by atoms with Gasteiger partial charge in [-0.1, -0.05) is 26.0 Å². The van der Waals surface area contributed by atoms with Crippen molar-refractivity contribution in [2.75, 3.05) is 6.61 Å². The van der Waals surface area contributed by atoms with Crippen LogP contribution in [0.3, 0.4) is 0 Å². The second kappa shape index (κ2) is 8.14. The van der Waals surface area contributed by atoms with E-state index < -0.39 is 37.3 Å². The number of benzene rings is 1. The van der Waals surface area contributed by atoms with E-state index in [2.05, 4.69) is 5.32 Å². The van der Waals surface area contributed by atoms with E-state index in [4.69, 9.17) is 9.47 Å². The normalized spacial score (nSPS) is 29.5. The molecule has 2 rings (SSSR count). The van der Waals surface area contributed by atoms with Crippen LogP contribution in [0.15, 0.2) is 18.2 Å². The first kappa shape index (κ1) is 19.7. The third kappa shape index (κ3) is 4.49.